The van der Waals surface area contributed by atoms with Gasteiger partial charge in [-0.15, -0.1) is 0 Å². The maximum atomic E-state index is 6.27. The third kappa shape index (κ3) is 3.84. The number of aromatic nitrogens is 2. The first-order chi connectivity index (χ1) is 11.3. The van der Waals surface area contributed by atoms with Crippen LogP contribution in [0.2, 0.25) is 0 Å². The van der Waals surface area contributed by atoms with Crippen molar-refractivity contribution >= 4 is 0 Å². The van der Waals surface area contributed by atoms with Crippen LogP contribution in [0.4, 0.5) is 0 Å². The summed E-state index contributed by atoms with van der Waals surface area (Å²) in [5, 5.41) is 4.72. The van der Waals surface area contributed by atoms with Crippen LogP contribution in [0.25, 0.3) is 0 Å². The summed E-state index contributed by atoms with van der Waals surface area (Å²) in [6.45, 7) is 8.07. The van der Waals surface area contributed by atoms with Gasteiger partial charge in [0, 0.05) is 32.9 Å². The van der Waals surface area contributed by atoms with Crippen LogP contribution < -0.4 is 5.73 Å². The van der Waals surface area contributed by atoms with Crippen LogP contribution in [-0.2, 0) is 18.3 Å². The van der Waals surface area contributed by atoms with E-state index >= 15 is 0 Å². The van der Waals surface area contributed by atoms with Crippen molar-refractivity contribution in [2.24, 2.45) is 18.2 Å². The number of nitrogens with two attached hydrogens (primary N) is 1. The zero-order valence-corrected chi connectivity index (χ0v) is 15.8. The second-order valence-corrected chi connectivity index (χ2v) is 8.82. The zero-order valence-electron chi connectivity index (χ0n) is 15.8. The molecule has 136 valence electrons. The quantitative estimate of drug-likeness (QED) is 0.899. The van der Waals surface area contributed by atoms with Crippen molar-refractivity contribution in [2.45, 2.75) is 64.0 Å². The predicted molar refractivity (Wildman–Crippen MR) is 96.9 cm³/mol. The molecule has 1 aliphatic carbocycles. The molecule has 2 heterocycles. The molecule has 24 heavy (non-hydrogen) atoms. The van der Waals surface area contributed by atoms with Gasteiger partial charge in [0.1, 0.15) is 0 Å². The van der Waals surface area contributed by atoms with Gasteiger partial charge < -0.3 is 10.5 Å². The lowest BCUT2D eigenvalue weighted by Crippen LogP contribution is -2.33. The highest BCUT2D eigenvalue weighted by Gasteiger charge is 2.46. The van der Waals surface area contributed by atoms with Crippen LogP contribution in [0.1, 0.15) is 63.1 Å². The highest BCUT2D eigenvalue weighted by atomic mass is 16.5. The lowest BCUT2D eigenvalue weighted by atomic mass is 9.72. The number of ether oxygens (including phenoxy) is 1. The van der Waals surface area contributed by atoms with Crippen LogP contribution in [0.3, 0.4) is 0 Å². The maximum absolute atomic E-state index is 6.27. The van der Waals surface area contributed by atoms with Crippen molar-refractivity contribution in [1.29, 1.82) is 0 Å². The second kappa shape index (κ2) is 6.77. The van der Waals surface area contributed by atoms with Crippen LogP contribution in [0.15, 0.2) is 6.20 Å². The Kier molecular flexibility index (Phi) is 5.05. The van der Waals surface area contributed by atoms with Gasteiger partial charge in [-0.05, 0) is 56.0 Å². The molecule has 5 nitrogen and oxygen atoms in total. The fraction of sp³-hybridized carbons (Fsp3) is 0.842. The first kappa shape index (κ1) is 17.9. The van der Waals surface area contributed by atoms with Gasteiger partial charge in [-0.3, -0.25) is 9.58 Å². The number of rotatable bonds is 5. The Balaban J connectivity index is 1.66. The van der Waals surface area contributed by atoms with Gasteiger partial charge in [0.05, 0.1) is 17.9 Å². The summed E-state index contributed by atoms with van der Waals surface area (Å²) in [7, 11) is 4.15. The summed E-state index contributed by atoms with van der Waals surface area (Å²) in [5.74, 6) is 0.623. The second-order valence-electron chi connectivity index (χ2n) is 8.82. The van der Waals surface area contributed by atoms with Crippen LogP contribution in [0, 0.1) is 5.41 Å². The molecule has 0 unspecified atom stereocenters. The minimum atomic E-state index is 0.152. The molecule has 1 aromatic heterocycles. The molecule has 2 aliphatic rings. The topological polar surface area (TPSA) is 56.3 Å². The van der Waals surface area contributed by atoms with Gasteiger partial charge in [0.15, 0.2) is 0 Å². The first-order valence-corrected chi connectivity index (χ1v) is 9.37. The molecule has 0 radical (unpaired) electrons. The number of hydrogen-bond acceptors (Lipinski definition) is 4. The van der Waals surface area contributed by atoms with E-state index in [0.29, 0.717) is 17.9 Å². The van der Waals surface area contributed by atoms with E-state index in [2.05, 4.69) is 32.0 Å². The Labute approximate surface area is 146 Å². The highest BCUT2D eigenvalue weighted by molar-refractivity contribution is 5.23. The van der Waals surface area contributed by atoms with Gasteiger partial charge in [0.2, 0.25) is 0 Å². The minimum absolute atomic E-state index is 0.152. The number of likely N-dealkylation sites (N-methyl/N-ethyl adjacent to an activating group) is 1. The van der Waals surface area contributed by atoms with Gasteiger partial charge >= 0.3 is 0 Å². The van der Waals surface area contributed by atoms with Crippen LogP contribution in [0.5, 0.6) is 0 Å². The molecular formula is C19H34N4O. The monoisotopic (exact) mass is 334 g/mol. The smallest absolute Gasteiger partial charge is 0.0799 e. The molecule has 1 saturated heterocycles. The molecule has 1 aromatic rings. The molecule has 0 atom stereocenters. The van der Waals surface area contributed by atoms with Crippen molar-refractivity contribution in [2.75, 3.05) is 26.7 Å². The van der Waals surface area contributed by atoms with Crippen molar-refractivity contribution in [3.63, 3.8) is 0 Å². The molecule has 0 bridgehead atoms. The zero-order chi connectivity index (χ0) is 17.4. The molecule has 2 fully saturated rings. The van der Waals surface area contributed by atoms with Gasteiger partial charge in [0.25, 0.3) is 0 Å². The fourth-order valence-corrected chi connectivity index (χ4v) is 4.67. The summed E-state index contributed by atoms with van der Waals surface area (Å²) in [6, 6.07) is 0. The highest BCUT2D eigenvalue weighted by Crippen LogP contribution is 2.50. The summed E-state index contributed by atoms with van der Waals surface area (Å²) >= 11 is 0. The van der Waals surface area contributed by atoms with Crippen LogP contribution >= 0.6 is 0 Å². The third-order valence-corrected chi connectivity index (χ3v) is 5.77. The summed E-state index contributed by atoms with van der Waals surface area (Å²) in [5.41, 5.74) is 8.83. The Morgan fingerprint density at radius 2 is 2.08 bits per heavy atom. The molecule has 1 spiro atoms. The van der Waals surface area contributed by atoms with Crippen LogP contribution in [-0.4, -0.2) is 47.0 Å². The molecular weight excluding hydrogens is 300 g/mol. The van der Waals surface area contributed by atoms with Gasteiger partial charge in [-0.1, -0.05) is 13.8 Å². The fourth-order valence-electron chi connectivity index (χ4n) is 4.67. The van der Waals surface area contributed by atoms with E-state index in [1.165, 1.54) is 43.4 Å². The van der Waals surface area contributed by atoms with Gasteiger partial charge in [-0.25, -0.2) is 0 Å². The van der Waals surface area contributed by atoms with Gasteiger partial charge in [-0.2, -0.15) is 5.10 Å². The Hall–Kier alpha value is -0.910. The summed E-state index contributed by atoms with van der Waals surface area (Å²) in [6.07, 6.45) is 8.26. The van der Waals surface area contributed by atoms with E-state index in [-0.39, 0.29) is 5.60 Å². The van der Waals surface area contributed by atoms with Crippen molar-refractivity contribution in [3.05, 3.63) is 17.5 Å². The molecule has 3 rings (SSSR count). The number of aryl methyl sites for hydroxylation is 1. The van der Waals surface area contributed by atoms with Crippen molar-refractivity contribution in [1.82, 2.24) is 14.7 Å². The lowest BCUT2D eigenvalue weighted by molar-refractivity contribution is -0.0294. The molecule has 1 aliphatic heterocycles. The standard InChI is InChI=1S/C19H34N4O/c1-18(2)13-19(24-14-18)7-5-15(6-8-19)16-11-23(4)21-17(16)12-22(3)10-9-20/h11,15H,5-10,12-14,20H2,1-4H3/t15-,19+. The average Bonchev–Trinajstić information content (AvgIpc) is 3.00. The van der Waals surface area contributed by atoms with E-state index in [0.717, 1.165) is 19.7 Å². The largest absolute Gasteiger partial charge is 0.374 e. The number of nitrogens with zero attached hydrogens (tertiary/aromatic N) is 3. The molecule has 0 aromatic carbocycles. The Morgan fingerprint density at radius 1 is 1.38 bits per heavy atom. The van der Waals surface area contributed by atoms with Crippen molar-refractivity contribution in [3.8, 4) is 0 Å². The molecule has 2 N–H and O–H groups in total. The van der Waals surface area contributed by atoms with E-state index < -0.39 is 0 Å². The molecule has 5 heteroatoms. The SMILES string of the molecule is CN(CCN)Cc1nn(C)cc1[C@H]1CC[C@@]2(CC1)CC(C)(C)CO2. The van der Waals surface area contributed by atoms with E-state index in [9.17, 15) is 0 Å². The third-order valence-electron chi connectivity index (χ3n) is 5.77. The molecule has 0 amide bonds. The van der Waals surface area contributed by atoms with E-state index in [1.54, 1.807) is 0 Å². The van der Waals surface area contributed by atoms with E-state index in [1.807, 2.05) is 11.7 Å². The first-order valence-electron chi connectivity index (χ1n) is 9.37. The Morgan fingerprint density at radius 3 is 2.67 bits per heavy atom. The maximum Gasteiger partial charge on any atom is 0.0799 e. The van der Waals surface area contributed by atoms with E-state index in [4.69, 9.17) is 15.6 Å². The number of hydrogen-bond donors (Lipinski definition) is 1. The lowest BCUT2D eigenvalue weighted by Gasteiger charge is -2.37. The Bertz CT molecular complexity index is 558. The predicted octanol–water partition coefficient (Wildman–Crippen LogP) is 2.65. The van der Waals surface area contributed by atoms with Crippen molar-refractivity contribution < 1.29 is 4.74 Å². The summed E-state index contributed by atoms with van der Waals surface area (Å²) < 4.78 is 8.24. The average molecular weight is 335 g/mol. The normalized spacial score (nSPS) is 29.7. The molecule has 1 saturated carbocycles. The summed E-state index contributed by atoms with van der Waals surface area (Å²) in [4.78, 5) is 2.26. The minimum Gasteiger partial charge on any atom is -0.374 e.